The summed E-state index contributed by atoms with van der Waals surface area (Å²) >= 11 is 0. The molecule has 3 N–H and O–H groups in total. The van der Waals surface area contributed by atoms with Gasteiger partial charge in [0.05, 0.1) is 6.61 Å². The molecule has 96 valence electrons. The maximum Gasteiger partial charge on any atom is 0.0601 e. The van der Waals surface area contributed by atoms with Crippen LogP contribution in [0.1, 0.15) is 40.0 Å². The Hall–Kier alpha value is -0.120. The third-order valence-corrected chi connectivity index (χ3v) is 3.71. The van der Waals surface area contributed by atoms with Crippen molar-refractivity contribution >= 4 is 0 Å². The Kier molecular flexibility index (Phi) is 5.73. The van der Waals surface area contributed by atoms with Crippen molar-refractivity contribution in [1.82, 2.24) is 4.90 Å². The summed E-state index contributed by atoms with van der Waals surface area (Å²) < 4.78 is 0. The van der Waals surface area contributed by atoms with Crippen LogP contribution in [0.25, 0.3) is 0 Å². The molecule has 0 aromatic carbocycles. The summed E-state index contributed by atoms with van der Waals surface area (Å²) in [5.74, 6) is 1.43. The van der Waals surface area contributed by atoms with E-state index in [4.69, 9.17) is 5.73 Å². The minimum Gasteiger partial charge on any atom is -0.395 e. The summed E-state index contributed by atoms with van der Waals surface area (Å²) in [7, 11) is 0. The second-order valence-corrected chi connectivity index (χ2v) is 5.76. The van der Waals surface area contributed by atoms with E-state index in [1.54, 1.807) is 0 Å². The lowest BCUT2D eigenvalue weighted by Crippen LogP contribution is -2.52. The third-order valence-electron chi connectivity index (χ3n) is 3.71. The van der Waals surface area contributed by atoms with Gasteiger partial charge in [-0.2, -0.15) is 0 Å². The number of nitrogens with two attached hydrogens (primary N) is 1. The fourth-order valence-corrected chi connectivity index (χ4v) is 2.58. The number of nitrogens with zero attached hydrogens (tertiary/aromatic N) is 1. The van der Waals surface area contributed by atoms with Crippen LogP contribution < -0.4 is 5.73 Å². The fourth-order valence-electron chi connectivity index (χ4n) is 2.58. The van der Waals surface area contributed by atoms with Crippen LogP contribution in [0.5, 0.6) is 0 Å². The van der Waals surface area contributed by atoms with Crippen LogP contribution in [-0.4, -0.2) is 41.8 Å². The molecule has 1 heterocycles. The molecule has 0 aliphatic carbocycles. The van der Waals surface area contributed by atoms with E-state index in [-0.39, 0.29) is 18.7 Å². The molecule has 0 radical (unpaired) electrons. The van der Waals surface area contributed by atoms with E-state index >= 15 is 0 Å². The fraction of sp³-hybridized carbons (Fsp3) is 1.00. The third kappa shape index (κ3) is 4.04. The van der Waals surface area contributed by atoms with Crippen LogP contribution in [0.4, 0.5) is 0 Å². The number of aliphatic hydroxyl groups excluding tert-OH is 1. The summed E-state index contributed by atoms with van der Waals surface area (Å²) in [6.45, 7) is 9.07. The molecule has 0 aromatic heterocycles. The molecule has 1 rings (SSSR count). The predicted octanol–water partition coefficient (Wildman–Crippen LogP) is 1.45. The maximum absolute atomic E-state index is 9.51. The standard InChI is InChI=1S/C13H28N2O/c1-10(2)8-12(14)13(9-16)15-6-4-11(3)5-7-15/h10-13,16H,4-9,14H2,1-3H3. The van der Waals surface area contributed by atoms with Gasteiger partial charge in [0.1, 0.15) is 0 Å². The van der Waals surface area contributed by atoms with Gasteiger partial charge in [0.25, 0.3) is 0 Å². The van der Waals surface area contributed by atoms with Crippen molar-refractivity contribution in [3.63, 3.8) is 0 Å². The van der Waals surface area contributed by atoms with Gasteiger partial charge in [0.2, 0.25) is 0 Å². The molecule has 2 atom stereocenters. The first-order valence-corrected chi connectivity index (χ1v) is 6.65. The van der Waals surface area contributed by atoms with E-state index in [1.807, 2.05) is 0 Å². The summed E-state index contributed by atoms with van der Waals surface area (Å²) in [6, 6.07) is 0.272. The molecule has 0 saturated carbocycles. The Balaban J connectivity index is 2.46. The van der Waals surface area contributed by atoms with Crippen molar-refractivity contribution in [2.45, 2.75) is 52.1 Å². The topological polar surface area (TPSA) is 49.5 Å². The Morgan fingerprint density at radius 1 is 1.31 bits per heavy atom. The van der Waals surface area contributed by atoms with E-state index in [1.165, 1.54) is 12.8 Å². The van der Waals surface area contributed by atoms with Gasteiger partial charge in [0, 0.05) is 12.1 Å². The number of likely N-dealkylation sites (tertiary alicyclic amines) is 1. The highest BCUT2D eigenvalue weighted by Gasteiger charge is 2.27. The van der Waals surface area contributed by atoms with Gasteiger partial charge < -0.3 is 10.8 Å². The molecule has 0 spiro atoms. The molecular weight excluding hydrogens is 200 g/mol. The molecule has 16 heavy (non-hydrogen) atoms. The molecular formula is C13H28N2O. The summed E-state index contributed by atoms with van der Waals surface area (Å²) in [4.78, 5) is 2.38. The van der Waals surface area contributed by atoms with E-state index in [2.05, 4.69) is 25.7 Å². The molecule has 0 bridgehead atoms. The van der Waals surface area contributed by atoms with Gasteiger partial charge in [-0.05, 0) is 44.2 Å². The van der Waals surface area contributed by atoms with Crippen LogP contribution in [0.3, 0.4) is 0 Å². The zero-order chi connectivity index (χ0) is 12.1. The lowest BCUT2D eigenvalue weighted by Gasteiger charge is -2.39. The smallest absolute Gasteiger partial charge is 0.0601 e. The van der Waals surface area contributed by atoms with Crippen LogP contribution in [0.2, 0.25) is 0 Å². The first kappa shape index (κ1) is 13.9. The molecule has 3 heteroatoms. The van der Waals surface area contributed by atoms with E-state index in [0.717, 1.165) is 25.4 Å². The quantitative estimate of drug-likeness (QED) is 0.749. The Labute approximate surface area is 100 Å². The van der Waals surface area contributed by atoms with Gasteiger partial charge in [-0.25, -0.2) is 0 Å². The van der Waals surface area contributed by atoms with Crippen LogP contribution in [0.15, 0.2) is 0 Å². The maximum atomic E-state index is 9.51. The zero-order valence-electron chi connectivity index (χ0n) is 11.0. The van der Waals surface area contributed by atoms with E-state index in [9.17, 15) is 5.11 Å². The monoisotopic (exact) mass is 228 g/mol. The van der Waals surface area contributed by atoms with Gasteiger partial charge >= 0.3 is 0 Å². The van der Waals surface area contributed by atoms with Crippen molar-refractivity contribution in [3.8, 4) is 0 Å². The van der Waals surface area contributed by atoms with Crippen molar-refractivity contribution < 1.29 is 5.11 Å². The highest BCUT2D eigenvalue weighted by molar-refractivity contribution is 4.85. The average molecular weight is 228 g/mol. The van der Waals surface area contributed by atoms with Gasteiger partial charge in [0.15, 0.2) is 0 Å². The van der Waals surface area contributed by atoms with Gasteiger partial charge in [-0.15, -0.1) is 0 Å². The minimum absolute atomic E-state index is 0.110. The lowest BCUT2D eigenvalue weighted by molar-refractivity contribution is 0.0699. The SMILES string of the molecule is CC(C)CC(N)C(CO)N1CCC(C)CC1. The van der Waals surface area contributed by atoms with Crippen molar-refractivity contribution in [2.24, 2.45) is 17.6 Å². The molecule has 0 aromatic rings. The Morgan fingerprint density at radius 2 is 1.88 bits per heavy atom. The first-order valence-electron chi connectivity index (χ1n) is 6.65. The summed E-state index contributed by atoms with van der Waals surface area (Å²) in [5, 5.41) is 9.51. The summed E-state index contributed by atoms with van der Waals surface area (Å²) in [5.41, 5.74) is 6.19. The second-order valence-electron chi connectivity index (χ2n) is 5.76. The average Bonchev–Trinajstić information content (AvgIpc) is 2.21. The minimum atomic E-state index is 0.110. The molecule has 1 fully saturated rings. The molecule has 0 amide bonds. The van der Waals surface area contributed by atoms with Crippen LogP contribution in [-0.2, 0) is 0 Å². The second kappa shape index (κ2) is 6.58. The summed E-state index contributed by atoms with van der Waals surface area (Å²) in [6.07, 6.45) is 3.48. The van der Waals surface area contributed by atoms with Crippen molar-refractivity contribution in [3.05, 3.63) is 0 Å². The molecule has 1 aliphatic rings. The highest BCUT2D eigenvalue weighted by Crippen LogP contribution is 2.20. The highest BCUT2D eigenvalue weighted by atomic mass is 16.3. The number of hydrogen-bond donors (Lipinski definition) is 2. The number of rotatable bonds is 5. The lowest BCUT2D eigenvalue weighted by atomic mass is 9.93. The van der Waals surface area contributed by atoms with Crippen molar-refractivity contribution in [2.75, 3.05) is 19.7 Å². The number of aliphatic hydroxyl groups is 1. The number of hydrogen-bond acceptors (Lipinski definition) is 3. The van der Waals surface area contributed by atoms with Crippen molar-refractivity contribution in [1.29, 1.82) is 0 Å². The Morgan fingerprint density at radius 3 is 2.31 bits per heavy atom. The van der Waals surface area contributed by atoms with E-state index < -0.39 is 0 Å². The molecule has 2 unspecified atom stereocenters. The van der Waals surface area contributed by atoms with E-state index in [0.29, 0.717) is 5.92 Å². The zero-order valence-corrected chi connectivity index (χ0v) is 11.0. The van der Waals surface area contributed by atoms with Gasteiger partial charge in [-0.3, -0.25) is 4.90 Å². The van der Waals surface area contributed by atoms with Crippen LogP contribution >= 0.6 is 0 Å². The van der Waals surface area contributed by atoms with Crippen LogP contribution in [0, 0.1) is 11.8 Å². The Bertz CT molecular complexity index is 188. The first-order chi connectivity index (χ1) is 7.54. The molecule has 1 aliphatic heterocycles. The molecule has 3 nitrogen and oxygen atoms in total. The normalized spacial score (nSPS) is 23.6. The molecule has 1 saturated heterocycles. The van der Waals surface area contributed by atoms with Gasteiger partial charge in [-0.1, -0.05) is 20.8 Å². The number of piperidine rings is 1. The largest absolute Gasteiger partial charge is 0.395 e. The predicted molar refractivity (Wildman–Crippen MR) is 68.3 cm³/mol.